The number of nitrogens with zero attached hydrogens (tertiary/aromatic N) is 1. The third-order valence-electron chi connectivity index (χ3n) is 3.35. The molecule has 1 aromatic carbocycles. The molecule has 2 unspecified atom stereocenters. The van der Waals surface area contributed by atoms with Crippen molar-refractivity contribution in [1.82, 2.24) is 21.1 Å². The summed E-state index contributed by atoms with van der Waals surface area (Å²) in [7, 11) is 0. The van der Waals surface area contributed by atoms with E-state index in [1.54, 1.807) is 24.3 Å². The molecule has 1 aromatic rings. The molecule has 0 bridgehead atoms. The number of hydrogen-bond donors (Lipinski definition) is 3. The van der Waals surface area contributed by atoms with E-state index in [1.807, 2.05) is 6.07 Å². The molecule has 0 radical (unpaired) electrons. The van der Waals surface area contributed by atoms with Gasteiger partial charge in [0.2, 0.25) is 0 Å². The molecule has 2 atom stereocenters. The van der Waals surface area contributed by atoms with Gasteiger partial charge in [0.15, 0.2) is 0 Å². The Labute approximate surface area is 124 Å². The first-order valence-electron chi connectivity index (χ1n) is 7.17. The zero-order valence-electron chi connectivity index (χ0n) is 12.4. The second-order valence-corrected chi connectivity index (χ2v) is 5.53. The maximum Gasteiger partial charge on any atom is 0.269 e. The van der Waals surface area contributed by atoms with Crippen LogP contribution in [0.1, 0.15) is 24.2 Å². The van der Waals surface area contributed by atoms with Crippen molar-refractivity contribution in [3.05, 3.63) is 35.9 Å². The van der Waals surface area contributed by atoms with E-state index in [-0.39, 0.29) is 18.4 Å². The van der Waals surface area contributed by atoms with Crippen molar-refractivity contribution >= 4 is 11.8 Å². The van der Waals surface area contributed by atoms with Gasteiger partial charge in [0, 0.05) is 30.7 Å². The number of hydrazine groups is 1. The first kappa shape index (κ1) is 15.5. The predicted molar refractivity (Wildman–Crippen MR) is 80.6 cm³/mol. The van der Waals surface area contributed by atoms with Crippen molar-refractivity contribution < 1.29 is 9.59 Å². The molecule has 6 nitrogen and oxygen atoms in total. The molecule has 0 aromatic heterocycles. The van der Waals surface area contributed by atoms with Crippen LogP contribution in [-0.2, 0) is 4.79 Å². The molecule has 2 rings (SSSR count). The topological polar surface area (TPSA) is 73.5 Å². The molecule has 0 aliphatic carbocycles. The van der Waals surface area contributed by atoms with Crippen LogP contribution in [0.2, 0.25) is 0 Å². The predicted octanol–water partition coefficient (Wildman–Crippen LogP) is 0.130. The summed E-state index contributed by atoms with van der Waals surface area (Å²) >= 11 is 0. The van der Waals surface area contributed by atoms with Gasteiger partial charge in [-0.05, 0) is 26.0 Å². The summed E-state index contributed by atoms with van der Waals surface area (Å²) in [6.45, 7) is 6.12. The summed E-state index contributed by atoms with van der Waals surface area (Å²) in [6.07, 6.45) is 0. The van der Waals surface area contributed by atoms with E-state index in [0.717, 1.165) is 13.1 Å². The Morgan fingerprint density at radius 2 is 1.76 bits per heavy atom. The summed E-state index contributed by atoms with van der Waals surface area (Å²) in [5.41, 5.74) is 5.40. The molecule has 114 valence electrons. The molecule has 1 saturated heterocycles. The Morgan fingerprint density at radius 1 is 1.14 bits per heavy atom. The van der Waals surface area contributed by atoms with Gasteiger partial charge < -0.3 is 5.32 Å². The SMILES string of the molecule is CC1CN(CC(=O)NNC(=O)c2ccccc2)CC(C)N1. The van der Waals surface area contributed by atoms with Gasteiger partial charge in [-0.25, -0.2) is 0 Å². The molecule has 21 heavy (non-hydrogen) atoms. The van der Waals surface area contributed by atoms with Gasteiger partial charge in [0.1, 0.15) is 0 Å². The van der Waals surface area contributed by atoms with Crippen LogP contribution in [0, 0.1) is 0 Å². The first-order chi connectivity index (χ1) is 10.0. The van der Waals surface area contributed by atoms with Gasteiger partial charge in [0.05, 0.1) is 6.54 Å². The third kappa shape index (κ3) is 4.84. The van der Waals surface area contributed by atoms with Crippen LogP contribution in [0.4, 0.5) is 0 Å². The largest absolute Gasteiger partial charge is 0.309 e. The van der Waals surface area contributed by atoms with Crippen LogP contribution in [0.15, 0.2) is 30.3 Å². The van der Waals surface area contributed by atoms with E-state index in [0.29, 0.717) is 17.6 Å². The lowest BCUT2D eigenvalue weighted by Crippen LogP contribution is -2.57. The van der Waals surface area contributed by atoms with Crippen molar-refractivity contribution in [1.29, 1.82) is 0 Å². The number of piperazine rings is 1. The van der Waals surface area contributed by atoms with Crippen molar-refractivity contribution in [2.45, 2.75) is 25.9 Å². The summed E-state index contributed by atoms with van der Waals surface area (Å²) in [5, 5.41) is 3.41. The highest BCUT2D eigenvalue weighted by Gasteiger charge is 2.22. The third-order valence-corrected chi connectivity index (χ3v) is 3.35. The fourth-order valence-electron chi connectivity index (χ4n) is 2.60. The van der Waals surface area contributed by atoms with Crippen LogP contribution in [0.25, 0.3) is 0 Å². The highest BCUT2D eigenvalue weighted by molar-refractivity contribution is 5.95. The Hall–Kier alpha value is -1.92. The Bertz CT molecular complexity index is 482. The molecule has 0 spiro atoms. The number of amides is 2. The van der Waals surface area contributed by atoms with Crippen LogP contribution in [0.5, 0.6) is 0 Å². The van der Waals surface area contributed by atoms with E-state index in [4.69, 9.17) is 0 Å². The molecule has 1 aliphatic rings. The minimum Gasteiger partial charge on any atom is -0.309 e. The van der Waals surface area contributed by atoms with E-state index in [9.17, 15) is 9.59 Å². The molecule has 6 heteroatoms. The highest BCUT2D eigenvalue weighted by Crippen LogP contribution is 2.03. The van der Waals surface area contributed by atoms with Crippen molar-refractivity contribution in [3.63, 3.8) is 0 Å². The summed E-state index contributed by atoms with van der Waals surface area (Å²) in [5.74, 6) is -0.522. The van der Waals surface area contributed by atoms with Gasteiger partial charge in [-0.3, -0.25) is 25.3 Å². The molecule has 2 amide bonds. The summed E-state index contributed by atoms with van der Waals surface area (Å²) in [6, 6.07) is 9.51. The Balaban J connectivity index is 1.76. The first-order valence-corrected chi connectivity index (χ1v) is 7.17. The Morgan fingerprint density at radius 3 is 2.38 bits per heavy atom. The molecule has 1 fully saturated rings. The van der Waals surface area contributed by atoms with Gasteiger partial charge in [-0.15, -0.1) is 0 Å². The zero-order valence-corrected chi connectivity index (χ0v) is 12.4. The highest BCUT2D eigenvalue weighted by atomic mass is 16.2. The molecule has 1 heterocycles. The zero-order chi connectivity index (χ0) is 15.2. The fourth-order valence-corrected chi connectivity index (χ4v) is 2.60. The average Bonchev–Trinajstić information content (AvgIpc) is 2.44. The van der Waals surface area contributed by atoms with E-state index < -0.39 is 0 Å². The second-order valence-electron chi connectivity index (χ2n) is 5.53. The lowest BCUT2D eigenvalue weighted by molar-refractivity contribution is -0.123. The number of rotatable bonds is 3. The van der Waals surface area contributed by atoms with Crippen molar-refractivity contribution in [3.8, 4) is 0 Å². The quantitative estimate of drug-likeness (QED) is 0.692. The smallest absolute Gasteiger partial charge is 0.269 e. The van der Waals surface area contributed by atoms with Crippen LogP contribution >= 0.6 is 0 Å². The van der Waals surface area contributed by atoms with Crippen LogP contribution in [-0.4, -0.2) is 48.4 Å². The van der Waals surface area contributed by atoms with E-state index in [2.05, 4.69) is 34.9 Å². The van der Waals surface area contributed by atoms with Gasteiger partial charge in [-0.1, -0.05) is 18.2 Å². The summed E-state index contributed by atoms with van der Waals surface area (Å²) in [4.78, 5) is 25.7. The number of hydrogen-bond acceptors (Lipinski definition) is 4. The minimum absolute atomic E-state index is 0.208. The maximum absolute atomic E-state index is 11.9. The molecule has 1 aliphatic heterocycles. The minimum atomic E-state index is -0.314. The summed E-state index contributed by atoms with van der Waals surface area (Å²) < 4.78 is 0. The van der Waals surface area contributed by atoms with Crippen molar-refractivity contribution in [2.24, 2.45) is 0 Å². The van der Waals surface area contributed by atoms with Crippen molar-refractivity contribution in [2.75, 3.05) is 19.6 Å². The number of nitrogens with one attached hydrogen (secondary N) is 3. The number of benzene rings is 1. The molecular weight excluding hydrogens is 268 g/mol. The van der Waals surface area contributed by atoms with Gasteiger partial charge in [-0.2, -0.15) is 0 Å². The van der Waals surface area contributed by atoms with E-state index in [1.165, 1.54) is 0 Å². The normalized spacial score (nSPS) is 22.6. The van der Waals surface area contributed by atoms with Gasteiger partial charge in [0.25, 0.3) is 11.8 Å². The molecule has 3 N–H and O–H groups in total. The van der Waals surface area contributed by atoms with Crippen LogP contribution in [0.3, 0.4) is 0 Å². The fraction of sp³-hybridized carbons (Fsp3) is 0.467. The average molecular weight is 290 g/mol. The number of carbonyl (C=O) groups excluding carboxylic acids is 2. The molecular formula is C15H22N4O2. The standard InChI is InChI=1S/C15H22N4O2/c1-11-8-19(9-12(2)16-11)10-14(20)17-18-15(21)13-6-4-3-5-7-13/h3-7,11-12,16H,8-10H2,1-2H3,(H,17,20)(H,18,21). The second kappa shape index (κ2) is 7.19. The van der Waals surface area contributed by atoms with Crippen LogP contribution < -0.4 is 16.2 Å². The lowest BCUT2D eigenvalue weighted by Gasteiger charge is -2.35. The number of carbonyl (C=O) groups is 2. The Kier molecular flexibility index (Phi) is 5.30. The maximum atomic E-state index is 11.9. The monoisotopic (exact) mass is 290 g/mol. The molecule has 0 saturated carbocycles. The van der Waals surface area contributed by atoms with Gasteiger partial charge >= 0.3 is 0 Å². The van der Waals surface area contributed by atoms with E-state index >= 15 is 0 Å². The lowest BCUT2D eigenvalue weighted by atomic mass is 10.1.